The Hall–Kier alpha value is -2.97. The molecule has 4 heterocycles. The Morgan fingerprint density at radius 2 is 1.83 bits per heavy atom. The third-order valence-corrected chi connectivity index (χ3v) is 6.29. The molecule has 2 aromatic heterocycles. The van der Waals surface area contributed by atoms with Crippen LogP contribution in [0.5, 0.6) is 0 Å². The molecule has 0 radical (unpaired) electrons. The Balaban J connectivity index is 1.43. The number of hydrogen-bond donors (Lipinski definition) is 2. The zero-order valence-electron chi connectivity index (χ0n) is 16.9. The summed E-state index contributed by atoms with van der Waals surface area (Å²) >= 11 is 0. The summed E-state index contributed by atoms with van der Waals surface area (Å²) in [5.41, 5.74) is 5.92. The number of fused-ring (bicyclic) bond motifs is 3. The van der Waals surface area contributed by atoms with Crippen molar-refractivity contribution in [2.75, 3.05) is 31.1 Å². The van der Waals surface area contributed by atoms with E-state index in [0.29, 0.717) is 5.95 Å². The van der Waals surface area contributed by atoms with Crippen LogP contribution in [0, 0.1) is 0 Å². The fraction of sp³-hybridized carbons (Fsp3) is 0.409. The Bertz CT molecular complexity index is 1060. The maximum Gasteiger partial charge on any atom is 0.277 e. The summed E-state index contributed by atoms with van der Waals surface area (Å²) in [6, 6.07) is 8.69. The normalized spacial score (nSPS) is 16.8. The molecule has 0 spiro atoms. The Labute approximate surface area is 175 Å². The van der Waals surface area contributed by atoms with Crippen molar-refractivity contribution in [2.45, 2.75) is 32.4 Å². The highest BCUT2D eigenvalue weighted by Gasteiger charge is 2.26. The third-order valence-electron chi connectivity index (χ3n) is 6.29. The van der Waals surface area contributed by atoms with Gasteiger partial charge in [0.2, 0.25) is 5.95 Å². The van der Waals surface area contributed by atoms with E-state index in [9.17, 15) is 4.79 Å². The first-order valence-corrected chi connectivity index (χ1v) is 10.6. The van der Waals surface area contributed by atoms with Crippen LogP contribution in [0.2, 0.25) is 0 Å². The minimum absolute atomic E-state index is 0.235. The monoisotopic (exact) mass is 406 g/mol. The van der Waals surface area contributed by atoms with E-state index < -0.39 is 5.91 Å². The number of para-hydroxylation sites is 1. The van der Waals surface area contributed by atoms with Gasteiger partial charge in [0, 0.05) is 48.6 Å². The van der Waals surface area contributed by atoms with E-state index in [0.717, 1.165) is 32.6 Å². The van der Waals surface area contributed by atoms with Crippen LogP contribution >= 0.6 is 0 Å². The highest BCUT2D eigenvalue weighted by Crippen LogP contribution is 2.32. The quantitative estimate of drug-likeness (QED) is 0.499. The Morgan fingerprint density at radius 1 is 1.07 bits per heavy atom. The molecule has 3 aromatic rings. The van der Waals surface area contributed by atoms with E-state index >= 15 is 0 Å². The van der Waals surface area contributed by atoms with Crippen molar-refractivity contribution in [1.82, 2.24) is 24.9 Å². The summed E-state index contributed by atoms with van der Waals surface area (Å²) < 4.78 is 2.47. The van der Waals surface area contributed by atoms with Gasteiger partial charge in [0.05, 0.1) is 12.1 Å². The van der Waals surface area contributed by atoms with Crippen LogP contribution in [-0.2, 0) is 19.5 Å². The summed E-state index contributed by atoms with van der Waals surface area (Å²) in [5, 5.41) is 10.1. The number of amides is 1. The molecular weight excluding hydrogens is 380 g/mol. The summed E-state index contributed by atoms with van der Waals surface area (Å²) in [5.74, 6) is -0.00370. The SMILES string of the molecule is O=C(NO)c1cnc(N2CCc3c(n(CCN4CCCC4)c4ccccc34)C2)nc1. The predicted molar refractivity (Wildman–Crippen MR) is 114 cm³/mol. The van der Waals surface area contributed by atoms with Crippen LogP contribution in [0.3, 0.4) is 0 Å². The number of rotatable bonds is 5. The van der Waals surface area contributed by atoms with Gasteiger partial charge in [-0.1, -0.05) is 18.2 Å². The van der Waals surface area contributed by atoms with Gasteiger partial charge in [0.25, 0.3) is 5.91 Å². The predicted octanol–water partition coefficient (Wildman–Crippen LogP) is 2.21. The molecule has 8 nitrogen and oxygen atoms in total. The van der Waals surface area contributed by atoms with Crippen molar-refractivity contribution in [2.24, 2.45) is 0 Å². The Kier molecular flexibility index (Phi) is 5.10. The van der Waals surface area contributed by atoms with Gasteiger partial charge >= 0.3 is 0 Å². The maximum absolute atomic E-state index is 11.5. The van der Waals surface area contributed by atoms with E-state index in [1.807, 2.05) is 0 Å². The lowest BCUT2D eigenvalue weighted by Gasteiger charge is -2.29. The van der Waals surface area contributed by atoms with Gasteiger partial charge in [-0.2, -0.15) is 0 Å². The Morgan fingerprint density at radius 3 is 2.60 bits per heavy atom. The van der Waals surface area contributed by atoms with Gasteiger partial charge in [-0.3, -0.25) is 10.0 Å². The summed E-state index contributed by atoms with van der Waals surface area (Å²) in [6.45, 7) is 6.05. The standard InChI is InChI=1S/C22H26N6O2/c29-21(25-30)16-13-23-22(24-14-16)27-10-7-18-17-5-1-2-6-19(17)28(20(18)15-27)12-11-26-8-3-4-9-26/h1-2,5-6,13-14,30H,3-4,7-12,15H2,(H,25,29). The van der Waals surface area contributed by atoms with Gasteiger partial charge in [-0.05, 0) is 44.0 Å². The zero-order valence-corrected chi connectivity index (χ0v) is 16.9. The van der Waals surface area contributed by atoms with Crippen molar-refractivity contribution in [1.29, 1.82) is 0 Å². The second kappa shape index (κ2) is 8.04. The molecule has 0 atom stereocenters. The molecule has 1 amide bonds. The summed E-state index contributed by atoms with van der Waals surface area (Å²) in [4.78, 5) is 25.0. The maximum atomic E-state index is 11.5. The minimum Gasteiger partial charge on any atom is -0.341 e. The van der Waals surface area contributed by atoms with Crippen LogP contribution in [0.1, 0.15) is 34.5 Å². The number of carbonyl (C=O) groups excluding carboxylic acids is 1. The molecule has 2 aliphatic rings. The smallest absolute Gasteiger partial charge is 0.277 e. The van der Waals surface area contributed by atoms with Crippen molar-refractivity contribution >= 4 is 22.8 Å². The van der Waals surface area contributed by atoms with Gasteiger partial charge in [-0.25, -0.2) is 15.4 Å². The molecule has 1 aromatic carbocycles. The molecule has 5 rings (SSSR count). The molecule has 0 bridgehead atoms. The summed E-state index contributed by atoms with van der Waals surface area (Å²) in [7, 11) is 0. The van der Waals surface area contributed by atoms with Crippen LogP contribution < -0.4 is 10.4 Å². The first-order valence-electron chi connectivity index (χ1n) is 10.6. The molecule has 2 N–H and O–H groups in total. The first-order chi connectivity index (χ1) is 14.7. The molecule has 1 fully saturated rings. The fourth-order valence-corrected chi connectivity index (χ4v) is 4.73. The molecule has 0 unspecified atom stereocenters. The molecule has 0 aliphatic carbocycles. The number of anilines is 1. The largest absolute Gasteiger partial charge is 0.341 e. The number of hydroxylamine groups is 1. The number of nitrogens with zero attached hydrogens (tertiary/aromatic N) is 5. The van der Waals surface area contributed by atoms with Gasteiger partial charge < -0.3 is 14.4 Å². The van der Waals surface area contributed by atoms with Crippen molar-refractivity contribution in [3.63, 3.8) is 0 Å². The van der Waals surface area contributed by atoms with Crippen LogP contribution in [-0.4, -0.2) is 56.7 Å². The van der Waals surface area contributed by atoms with Crippen LogP contribution in [0.15, 0.2) is 36.7 Å². The third kappa shape index (κ3) is 3.42. The number of nitrogens with one attached hydrogen (secondary N) is 1. The number of aromatic nitrogens is 3. The zero-order chi connectivity index (χ0) is 20.5. The molecule has 8 heteroatoms. The van der Waals surface area contributed by atoms with Crippen molar-refractivity contribution in [3.8, 4) is 0 Å². The van der Waals surface area contributed by atoms with E-state index in [2.05, 4.69) is 48.6 Å². The molecule has 1 saturated heterocycles. The topological polar surface area (TPSA) is 86.5 Å². The lowest BCUT2D eigenvalue weighted by Crippen LogP contribution is -2.33. The summed E-state index contributed by atoms with van der Waals surface area (Å²) in [6.07, 6.45) is 6.45. The van der Waals surface area contributed by atoms with Gasteiger partial charge in [0.1, 0.15) is 0 Å². The van der Waals surface area contributed by atoms with E-state index in [-0.39, 0.29) is 5.56 Å². The molecule has 156 valence electrons. The average Bonchev–Trinajstić information content (AvgIpc) is 3.43. The van der Waals surface area contributed by atoms with Gasteiger partial charge in [-0.15, -0.1) is 0 Å². The molecule has 0 saturated carbocycles. The fourth-order valence-electron chi connectivity index (χ4n) is 4.73. The van der Waals surface area contributed by atoms with Crippen molar-refractivity contribution < 1.29 is 10.0 Å². The van der Waals surface area contributed by atoms with Gasteiger partial charge in [0.15, 0.2) is 0 Å². The second-order valence-corrected chi connectivity index (χ2v) is 8.03. The highest BCUT2D eigenvalue weighted by atomic mass is 16.5. The lowest BCUT2D eigenvalue weighted by atomic mass is 10.0. The second-order valence-electron chi connectivity index (χ2n) is 8.03. The molecular formula is C22H26N6O2. The highest BCUT2D eigenvalue weighted by molar-refractivity contribution is 5.92. The molecule has 2 aliphatic heterocycles. The average molecular weight is 406 g/mol. The first kappa shape index (κ1) is 19.0. The van der Waals surface area contributed by atoms with E-state index in [4.69, 9.17) is 5.21 Å². The van der Waals surface area contributed by atoms with E-state index in [1.54, 1.807) is 5.48 Å². The number of likely N-dealkylation sites (tertiary alicyclic amines) is 1. The molecule has 30 heavy (non-hydrogen) atoms. The number of carbonyl (C=O) groups is 1. The van der Waals surface area contributed by atoms with Crippen LogP contribution in [0.4, 0.5) is 5.95 Å². The van der Waals surface area contributed by atoms with E-state index in [1.165, 1.54) is 60.5 Å². The minimum atomic E-state index is -0.607. The lowest BCUT2D eigenvalue weighted by molar-refractivity contribution is 0.0705. The van der Waals surface area contributed by atoms with Crippen LogP contribution in [0.25, 0.3) is 10.9 Å². The number of hydrogen-bond acceptors (Lipinski definition) is 6. The van der Waals surface area contributed by atoms with Crippen molar-refractivity contribution in [3.05, 3.63) is 53.5 Å². The number of benzene rings is 1.